The van der Waals surface area contributed by atoms with E-state index in [-0.39, 0.29) is 6.04 Å². The minimum Gasteiger partial charge on any atom is -0.324 e. The molecule has 0 amide bonds. The zero-order chi connectivity index (χ0) is 14.5. The van der Waals surface area contributed by atoms with Crippen molar-refractivity contribution in [2.45, 2.75) is 38.6 Å². The predicted molar refractivity (Wildman–Crippen MR) is 87.5 cm³/mol. The van der Waals surface area contributed by atoms with E-state index >= 15 is 0 Å². The van der Waals surface area contributed by atoms with Crippen molar-refractivity contribution in [2.24, 2.45) is 11.7 Å². The minimum atomic E-state index is -0.0387. The van der Waals surface area contributed by atoms with Gasteiger partial charge < -0.3 is 10.6 Å². The predicted octanol–water partition coefficient (Wildman–Crippen LogP) is 4.51. The van der Waals surface area contributed by atoms with Crippen LogP contribution in [0.2, 0.25) is 10.0 Å². The van der Waals surface area contributed by atoms with Gasteiger partial charge in [-0.25, -0.2) is 0 Å². The summed E-state index contributed by atoms with van der Waals surface area (Å²) in [6.45, 7) is 5.74. The molecule has 1 aliphatic heterocycles. The van der Waals surface area contributed by atoms with Crippen LogP contribution in [0, 0.1) is 5.92 Å². The third-order valence-corrected chi connectivity index (χ3v) is 5.15. The first-order chi connectivity index (χ1) is 9.61. The van der Waals surface area contributed by atoms with Gasteiger partial charge in [0.15, 0.2) is 0 Å². The SMILES string of the molecule is CCC1CCCN(CCC(N)c2cccc(Cl)c2Cl)C1. The van der Waals surface area contributed by atoms with Gasteiger partial charge in [-0.2, -0.15) is 0 Å². The first-order valence-electron chi connectivity index (χ1n) is 7.53. The van der Waals surface area contributed by atoms with Crippen molar-refractivity contribution >= 4 is 23.2 Å². The number of rotatable bonds is 5. The van der Waals surface area contributed by atoms with Crippen LogP contribution < -0.4 is 5.73 Å². The smallest absolute Gasteiger partial charge is 0.0640 e. The topological polar surface area (TPSA) is 29.3 Å². The molecule has 0 aromatic heterocycles. The van der Waals surface area contributed by atoms with Crippen molar-refractivity contribution in [3.63, 3.8) is 0 Å². The summed E-state index contributed by atoms with van der Waals surface area (Å²) in [5.41, 5.74) is 7.24. The van der Waals surface area contributed by atoms with Crippen LogP contribution in [-0.2, 0) is 0 Å². The Balaban J connectivity index is 1.88. The highest BCUT2D eigenvalue weighted by Crippen LogP contribution is 2.30. The number of hydrogen-bond acceptors (Lipinski definition) is 2. The number of piperidine rings is 1. The normalized spacial score (nSPS) is 21.9. The Labute approximate surface area is 132 Å². The van der Waals surface area contributed by atoms with Crippen molar-refractivity contribution in [1.29, 1.82) is 0 Å². The molecule has 112 valence electrons. The van der Waals surface area contributed by atoms with Crippen LogP contribution in [0.1, 0.15) is 44.2 Å². The van der Waals surface area contributed by atoms with Gasteiger partial charge in [0, 0.05) is 12.6 Å². The summed E-state index contributed by atoms with van der Waals surface area (Å²) >= 11 is 12.3. The highest BCUT2D eigenvalue weighted by molar-refractivity contribution is 6.42. The Morgan fingerprint density at radius 1 is 1.40 bits per heavy atom. The van der Waals surface area contributed by atoms with E-state index in [0.29, 0.717) is 10.0 Å². The van der Waals surface area contributed by atoms with E-state index < -0.39 is 0 Å². The maximum atomic E-state index is 6.28. The van der Waals surface area contributed by atoms with Crippen molar-refractivity contribution in [2.75, 3.05) is 19.6 Å². The summed E-state index contributed by atoms with van der Waals surface area (Å²) in [5.74, 6) is 0.856. The molecular weight excluding hydrogens is 291 g/mol. The van der Waals surface area contributed by atoms with Gasteiger partial charge in [0.05, 0.1) is 10.0 Å². The molecule has 1 aliphatic rings. The standard InChI is InChI=1S/C16H24Cl2N2/c1-2-12-5-4-9-20(11-12)10-8-15(19)13-6-3-7-14(17)16(13)18/h3,6-7,12,15H,2,4-5,8-11,19H2,1H3. The van der Waals surface area contributed by atoms with Crippen molar-refractivity contribution < 1.29 is 0 Å². The van der Waals surface area contributed by atoms with Crippen molar-refractivity contribution in [1.82, 2.24) is 4.90 Å². The summed E-state index contributed by atoms with van der Waals surface area (Å²) in [6, 6.07) is 5.65. The second-order valence-corrected chi connectivity index (χ2v) is 6.54. The van der Waals surface area contributed by atoms with Crippen LogP contribution >= 0.6 is 23.2 Å². The third kappa shape index (κ3) is 4.11. The van der Waals surface area contributed by atoms with Gasteiger partial charge in [-0.15, -0.1) is 0 Å². The number of likely N-dealkylation sites (tertiary alicyclic amines) is 1. The molecule has 0 saturated carbocycles. The monoisotopic (exact) mass is 314 g/mol. The molecule has 4 heteroatoms. The quantitative estimate of drug-likeness (QED) is 0.866. The maximum absolute atomic E-state index is 6.28. The van der Waals surface area contributed by atoms with Crippen LogP contribution in [0.25, 0.3) is 0 Å². The van der Waals surface area contributed by atoms with E-state index in [1.807, 2.05) is 12.1 Å². The number of halogens is 2. The molecule has 0 bridgehead atoms. The van der Waals surface area contributed by atoms with E-state index in [0.717, 1.165) is 24.4 Å². The molecule has 1 heterocycles. The lowest BCUT2D eigenvalue weighted by Gasteiger charge is -2.32. The molecule has 1 fully saturated rings. The van der Waals surface area contributed by atoms with Gasteiger partial charge >= 0.3 is 0 Å². The lowest BCUT2D eigenvalue weighted by atomic mass is 9.95. The van der Waals surface area contributed by atoms with Gasteiger partial charge in [-0.3, -0.25) is 0 Å². The number of nitrogens with two attached hydrogens (primary N) is 1. The number of benzene rings is 1. The van der Waals surface area contributed by atoms with Gasteiger partial charge in [0.2, 0.25) is 0 Å². The zero-order valence-corrected chi connectivity index (χ0v) is 13.6. The Morgan fingerprint density at radius 2 is 2.20 bits per heavy atom. The largest absolute Gasteiger partial charge is 0.324 e. The van der Waals surface area contributed by atoms with E-state index in [4.69, 9.17) is 28.9 Å². The van der Waals surface area contributed by atoms with Crippen LogP contribution in [0.15, 0.2) is 18.2 Å². The van der Waals surface area contributed by atoms with E-state index in [2.05, 4.69) is 11.8 Å². The van der Waals surface area contributed by atoms with Crippen LogP contribution in [0.5, 0.6) is 0 Å². The summed E-state index contributed by atoms with van der Waals surface area (Å²) in [5, 5.41) is 1.19. The maximum Gasteiger partial charge on any atom is 0.0640 e. The molecule has 0 spiro atoms. The van der Waals surface area contributed by atoms with Crippen LogP contribution in [-0.4, -0.2) is 24.5 Å². The molecule has 0 aliphatic carbocycles. The van der Waals surface area contributed by atoms with Gasteiger partial charge in [0.1, 0.15) is 0 Å². The minimum absolute atomic E-state index is 0.0387. The fraction of sp³-hybridized carbons (Fsp3) is 0.625. The van der Waals surface area contributed by atoms with E-state index in [9.17, 15) is 0 Å². The Kier molecular flexibility index (Phi) is 6.16. The molecule has 2 nitrogen and oxygen atoms in total. The average Bonchev–Trinajstić information content (AvgIpc) is 2.48. The fourth-order valence-electron chi connectivity index (χ4n) is 2.97. The summed E-state index contributed by atoms with van der Waals surface area (Å²) in [4.78, 5) is 2.54. The second kappa shape index (κ2) is 7.65. The number of nitrogens with zero attached hydrogens (tertiary/aromatic N) is 1. The van der Waals surface area contributed by atoms with E-state index in [1.165, 1.54) is 32.4 Å². The first-order valence-corrected chi connectivity index (χ1v) is 8.29. The van der Waals surface area contributed by atoms with Gasteiger partial charge in [-0.05, 0) is 49.9 Å². The molecule has 1 saturated heterocycles. The first kappa shape index (κ1) is 16.1. The molecular formula is C16H24Cl2N2. The third-order valence-electron chi connectivity index (χ3n) is 4.32. The highest BCUT2D eigenvalue weighted by Gasteiger charge is 2.19. The molecule has 2 atom stereocenters. The van der Waals surface area contributed by atoms with Crippen LogP contribution in [0.4, 0.5) is 0 Å². The molecule has 2 rings (SSSR count). The highest BCUT2D eigenvalue weighted by atomic mass is 35.5. The fourth-order valence-corrected chi connectivity index (χ4v) is 3.42. The zero-order valence-electron chi connectivity index (χ0n) is 12.1. The van der Waals surface area contributed by atoms with Gasteiger partial charge in [-0.1, -0.05) is 48.7 Å². The summed E-state index contributed by atoms with van der Waals surface area (Å²) in [6.07, 6.45) is 4.89. The molecule has 20 heavy (non-hydrogen) atoms. The van der Waals surface area contributed by atoms with Gasteiger partial charge in [0.25, 0.3) is 0 Å². The molecule has 0 radical (unpaired) electrons. The second-order valence-electron chi connectivity index (χ2n) is 5.76. The summed E-state index contributed by atoms with van der Waals surface area (Å²) < 4.78 is 0. The molecule has 2 N–H and O–H groups in total. The molecule has 2 unspecified atom stereocenters. The number of hydrogen-bond donors (Lipinski definition) is 1. The Morgan fingerprint density at radius 3 is 2.95 bits per heavy atom. The summed E-state index contributed by atoms with van der Waals surface area (Å²) in [7, 11) is 0. The Bertz CT molecular complexity index is 436. The Hall–Kier alpha value is -0.280. The van der Waals surface area contributed by atoms with Crippen LogP contribution in [0.3, 0.4) is 0 Å². The van der Waals surface area contributed by atoms with Crippen molar-refractivity contribution in [3.8, 4) is 0 Å². The van der Waals surface area contributed by atoms with Crippen molar-refractivity contribution in [3.05, 3.63) is 33.8 Å². The molecule has 1 aromatic carbocycles. The molecule has 1 aromatic rings. The average molecular weight is 315 g/mol. The van der Waals surface area contributed by atoms with E-state index in [1.54, 1.807) is 6.07 Å². The lowest BCUT2D eigenvalue weighted by molar-refractivity contribution is 0.167. The lowest BCUT2D eigenvalue weighted by Crippen LogP contribution is -2.36.